The Bertz CT molecular complexity index is 481. The van der Waals surface area contributed by atoms with Gasteiger partial charge in [-0.05, 0) is 13.8 Å². The zero-order valence-corrected chi connectivity index (χ0v) is 10.6. The molecule has 6 nitrogen and oxygen atoms in total. The summed E-state index contributed by atoms with van der Waals surface area (Å²) >= 11 is 1.65. The van der Waals surface area contributed by atoms with E-state index in [9.17, 15) is 0 Å². The molecule has 0 saturated carbocycles. The second-order valence-corrected chi connectivity index (χ2v) is 4.98. The Balaban J connectivity index is 1.99. The number of anilines is 1. The molecular weight excluding hydrogens is 238 g/mol. The van der Waals surface area contributed by atoms with Crippen molar-refractivity contribution in [3.63, 3.8) is 0 Å². The van der Waals surface area contributed by atoms with E-state index in [1.165, 1.54) is 4.88 Å². The minimum absolute atomic E-state index is 0.0554. The van der Waals surface area contributed by atoms with Gasteiger partial charge in [-0.25, -0.2) is 4.98 Å². The second kappa shape index (κ2) is 5.24. The molecule has 17 heavy (non-hydrogen) atoms. The van der Waals surface area contributed by atoms with Crippen LogP contribution < -0.4 is 11.1 Å². The summed E-state index contributed by atoms with van der Waals surface area (Å²) < 4.78 is 5.39. The molecule has 1 unspecified atom stereocenters. The molecule has 0 radical (unpaired) electrons. The quantitative estimate of drug-likeness (QED) is 0.839. The summed E-state index contributed by atoms with van der Waals surface area (Å²) in [4.78, 5) is 5.48. The minimum Gasteiger partial charge on any atom is -0.408 e. The highest BCUT2D eigenvalue weighted by molar-refractivity contribution is 7.11. The van der Waals surface area contributed by atoms with Crippen molar-refractivity contribution in [2.45, 2.75) is 26.3 Å². The summed E-state index contributed by atoms with van der Waals surface area (Å²) in [5.74, 6) is 0.553. The van der Waals surface area contributed by atoms with E-state index in [0.717, 1.165) is 5.01 Å². The van der Waals surface area contributed by atoms with Crippen LogP contribution in [0.3, 0.4) is 0 Å². The first-order chi connectivity index (χ1) is 8.19. The molecule has 0 aromatic carbocycles. The number of hydrogen-bond donors (Lipinski definition) is 2. The zero-order valence-electron chi connectivity index (χ0n) is 9.80. The van der Waals surface area contributed by atoms with Gasteiger partial charge in [-0.1, -0.05) is 5.10 Å². The Morgan fingerprint density at radius 3 is 3.00 bits per heavy atom. The van der Waals surface area contributed by atoms with Gasteiger partial charge >= 0.3 is 6.01 Å². The first-order valence-electron chi connectivity index (χ1n) is 5.40. The van der Waals surface area contributed by atoms with Crippen molar-refractivity contribution in [3.05, 3.63) is 22.0 Å². The number of aromatic nitrogens is 3. The van der Waals surface area contributed by atoms with Gasteiger partial charge in [0.15, 0.2) is 0 Å². The fourth-order valence-electron chi connectivity index (χ4n) is 1.36. The fourth-order valence-corrected chi connectivity index (χ4v) is 2.13. The van der Waals surface area contributed by atoms with E-state index < -0.39 is 0 Å². The molecule has 3 N–H and O–H groups in total. The van der Waals surface area contributed by atoms with Crippen LogP contribution in [-0.2, 0) is 6.42 Å². The van der Waals surface area contributed by atoms with E-state index in [1.807, 2.05) is 20.0 Å². The van der Waals surface area contributed by atoms with Gasteiger partial charge in [0.2, 0.25) is 5.89 Å². The van der Waals surface area contributed by atoms with Crippen LogP contribution in [0.1, 0.15) is 28.7 Å². The largest absolute Gasteiger partial charge is 0.408 e. The van der Waals surface area contributed by atoms with Crippen LogP contribution in [0.5, 0.6) is 0 Å². The van der Waals surface area contributed by atoms with Crippen molar-refractivity contribution in [1.29, 1.82) is 0 Å². The van der Waals surface area contributed by atoms with Crippen LogP contribution in [0.25, 0.3) is 0 Å². The molecule has 0 amide bonds. The standard InChI is InChI=1S/C10H15N5OS/c1-6-5-12-9(17-6)7(2)13-10-15-14-8(16-10)3-4-11/h5,7H,3-4,11H2,1-2H3,(H,13,15). The van der Waals surface area contributed by atoms with Gasteiger partial charge in [0.05, 0.1) is 6.04 Å². The lowest BCUT2D eigenvalue weighted by atomic mass is 10.4. The average molecular weight is 253 g/mol. The highest BCUT2D eigenvalue weighted by Crippen LogP contribution is 2.22. The van der Waals surface area contributed by atoms with Crippen molar-refractivity contribution in [1.82, 2.24) is 15.2 Å². The molecular formula is C10H15N5OS. The minimum atomic E-state index is 0.0554. The third-order valence-corrected chi connectivity index (χ3v) is 3.27. The summed E-state index contributed by atoms with van der Waals surface area (Å²) in [6.07, 6.45) is 2.45. The number of nitrogens with zero attached hydrogens (tertiary/aromatic N) is 3. The molecule has 7 heteroatoms. The van der Waals surface area contributed by atoms with Crippen LogP contribution in [0.2, 0.25) is 0 Å². The van der Waals surface area contributed by atoms with Crippen molar-refractivity contribution in [3.8, 4) is 0 Å². The van der Waals surface area contributed by atoms with Crippen LogP contribution in [0, 0.1) is 6.92 Å². The number of nitrogens with two attached hydrogens (primary N) is 1. The topological polar surface area (TPSA) is 89.9 Å². The summed E-state index contributed by atoms with van der Waals surface area (Å²) in [6.45, 7) is 4.54. The molecule has 1 atom stereocenters. The van der Waals surface area contributed by atoms with Crippen molar-refractivity contribution in [2.75, 3.05) is 11.9 Å². The van der Waals surface area contributed by atoms with Crippen molar-refractivity contribution in [2.24, 2.45) is 5.73 Å². The van der Waals surface area contributed by atoms with Gasteiger partial charge in [-0.3, -0.25) is 0 Å². The van der Waals surface area contributed by atoms with Crippen LogP contribution in [0.4, 0.5) is 6.01 Å². The molecule has 0 spiro atoms. The van der Waals surface area contributed by atoms with E-state index >= 15 is 0 Å². The predicted octanol–water partition coefficient (Wildman–Crippen LogP) is 1.51. The van der Waals surface area contributed by atoms with E-state index in [2.05, 4.69) is 20.5 Å². The first kappa shape index (κ1) is 12.0. The van der Waals surface area contributed by atoms with Crippen LogP contribution >= 0.6 is 11.3 Å². The summed E-state index contributed by atoms with van der Waals surface area (Å²) in [6, 6.07) is 0.466. The van der Waals surface area contributed by atoms with Crippen LogP contribution in [-0.4, -0.2) is 21.7 Å². The lowest BCUT2D eigenvalue weighted by Gasteiger charge is -2.07. The molecule has 0 bridgehead atoms. The molecule has 92 valence electrons. The zero-order chi connectivity index (χ0) is 12.3. The smallest absolute Gasteiger partial charge is 0.316 e. The third kappa shape index (κ3) is 3.01. The Labute approximate surface area is 103 Å². The normalized spacial score (nSPS) is 12.6. The maximum atomic E-state index is 5.41. The fraction of sp³-hybridized carbons (Fsp3) is 0.500. The van der Waals surface area contributed by atoms with E-state index in [0.29, 0.717) is 24.9 Å². The molecule has 0 aliphatic carbocycles. The number of hydrogen-bond acceptors (Lipinski definition) is 7. The molecule has 0 saturated heterocycles. The maximum Gasteiger partial charge on any atom is 0.316 e. The Morgan fingerprint density at radius 1 is 1.53 bits per heavy atom. The molecule has 2 rings (SSSR count). The Hall–Kier alpha value is -1.47. The summed E-state index contributed by atoms with van der Waals surface area (Å²) in [5, 5.41) is 11.9. The molecule has 0 fully saturated rings. The third-order valence-electron chi connectivity index (χ3n) is 2.17. The molecule has 2 heterocycles. The summed E-state index contributed by atoms with van der Waals surface area (Å²) in [7, 11) is 0. The lowest BCUT2D eigenvalue weighted by Crippen LogP contribution is -2.06. The van der Waals surface area contributed by atoms with Gasteiger partial charge in [-0.2, -0.15) is 0 Å². The monoisotopic (exact) mass is 253 g/mol. The maximum absolute atomic E-state index is 5.41. The van der Waals surface area contributed by atoms with Gasteiger partial charge in [0, 0.05) is 24.0 Å². The van der Waals surface area contributed by atoms with Crippen molar-refractivity contribution >= 4 is 17.4 Å². The van der Waals surface area contributed by atoms with Gasteiger partial charge < -0.3 is 15.5 Å². The molecule has 2 aromatic heterocycles. The molecule has 2 aromatic rings. The first-order valence-corrected chi connectivity index (χ1v) is 6.22. The number of thiazole rings is 1. The number of nitrogens with one attached hydrogen (secondary N) is 1. The van der Waals surface area contributed by atoms with Crippen molar-refractivity contribution < 1.29 is 4.42 Å². The lowest BCUT2D eigenvalue weighted by molar-refractivity contribution is 0.501. The summed E-state index contributed by atoms with van der Waals surface area (Å²) in [5.41, 5.74) is 5.41. The van der Waals surface area contributed by atoms with E-state index in [1.54, 1.807) is 11.3 Å². The van der Waals surface area contributed by atoms with Gasteiger partial charge in [0.25, 0.3) is 0 Å². The second-order valence-electron chi connectivity index (χ2n) is 3.71. The highest BCUT2D eigenvalue weighted by atomic mass is 32.1. The number of rotatable bonds is 5. The molecule has 0 aliphatic heterocycles. The SMILES string of the molecule is Cc1cnc(C(C)Nc2nnc(CCN)o2)s1. The number of aryl methyl sites for hydroxylation is 1. The van der Waals surface area contributed by atoms with Gasteiger partial charge in [-0.15, -0.1) is 16.4 Å². The Morgan fingerprint density at radius 2 is 2.35 bits per heavy atom. The Kier molecular flexibility index (Phi) is 3.70. The van der Waals surface area contributed by atoms with Gasteiger partial charge in [0.1, 0.15) is 5.01 Å². The van der Waals surface area contributed by atoms with E-state index in [4.69, 9.17) is 10.2 Å². The van der Waals surface area contributed by atoms with Crippen LogP contribution in [0.15, 0.2) is 10.6 Å². The predicted molar refractivity (Wildman–Crippen MR) is 65.9 cm³/mol. The molecule has 0 aliphatic rings. The average Bonchev–Trinajstić information content (AvgIpc) is 2.88. The highest BCUT2D eigenvalue weighted by Gasteiger charge is 2.13. The van der Waals surface area contributed by atoms with E-state index in [-0.39, 0.29) is 6.04 Å².